The van der Waals surface area contributed by atoms with Gasteiger partial charge in [0.15, 0.2) is 0 Å². The van der Waals surface area contributed by atoms with Crippen molar-refractivity contribution in [1.82, 2.24) is 0 Å². The van der Waals surface area contributed by atoms with Crippen LogP contribution < -0.4 is 4.90 Å². The van der Waals surface area contributed by atoms with Crippen molar-refractivity contribution < 1.29 is 24.2 Å². The van der Waals surface area contributed by atoms with Crippen molar-refractivity contribution >= 4 is 17.6 Å². The molecule has 0 bridgehead atoms. The molecule has 1 aromatic carbocycles. The molecule has 1 aromatic rings. The maximum Gasteiger partial charge on any atom is 0.308 e. The van der Waals surface area contributed by atoms with Crippen LogP contribution in [0.4, 0.5) is 10.1 Å². The first-order valence-electron chi connectivity index (χ1n) is 5.32. The summed E-state index contributed by atoms with van der Waals surface area (Å²) in [6, 6.07) is 5.92. The second-order valence-electron chi connectivity index (χ2n) is 3.96. The van der Waals surface area contributed by atoms with E-state index in [4.69, 9.17) is 10.2 Å². The highest BCUT2D eigenvalue weighted by molar-refractivity contribution is 5.78. The Balaban J connectivity index is 2.78. The Morgan fingerprint density at radius 1 is 1.33 bits per heavy atom. The monoisotopic (exact) mass is 255 g/mol. The average Bonchev–Trinajstić information content (AvgIpc) is 2.27. The van der Waals surface area contributed by atoms with E-state index in [1.165, 1.54) is 30.1 Å². The van der Waals surface area contributed by atoms with E-state index in [9.17, 15) is 14.0 Å². The van der Waals surface area contributed by atoms with Gasteiger partial charge in [-0.05, 0) is 12.1 Å². The van der Waals surface area contributed by atoms with Crippen LogP contribution in [0.5, 0.6) is 0 Å². The molecule has 0 radical (unpaired) electrons. The zero-order valence-corrected chi connectivity index (χ0v) is 9.84. The minimum absolute atomic E-state index is 0.0669. The predicted octanol–water partition coefficient (Wildman–Crippen LogP) is 1.44. The number of carboxylic acid groups (broad SMARTS) is 2. The van der Waals surface area contributed by atoms with E-state index in [-0.39, 0.29) is 12.2 Å². The summed E-state index contributed by atoms with van der Waals surface area (Å²) in [7, 11) is 1.52. The van der Waals surface area contributed by atoms with Crippen LogP contribution in [-0.4, -0.2) is 35.7 Å². The van der Waals surface area contributed by atoms with Crippen molar-refractivity contribution in [3.8, 4) is 0 Å². The maximum absolute atomic E-state index is 13.4. The van der Waals surface area contributed by atoms with Crippen molar-refractivity contribution in [2.45, 2.75) is 6.42 Å². The maximum atomic E-state index is 13.4. The lowest BCUT2D eigenvalue weighted by atomic mass is 10.1. The fraction of sp³-hybridized carbons (Fsp3) is 0.333. The van der Waals surface area contributed by atoms with E-state index in [0.717, 1.165) is 0 Å². The van der Waals surface area contributed by atoms with Gasteiger partial charge in [-0.15, -0.1) is 0 Å². The van der Waals surface area contributed by atoms with Gasteiger partial charge in [-0.1, -0.05) is 12.1 Å². The molecule has 0 heterocycles. The molecule has 18 heavy (non-hydrogen) atoms. The van der Waals surface area contributed by atoms with Crippen LogP contribution in [0.2, 0.25) is 0 Å². The largest absolute Gasteiger partial charge is 0.481 e. The van der Waals surface area contributed by atoms with Gasteiger partial charge in [-0.2, -0.15) is 0 Å². The van der Waals surface area contributed by atoms with E-state index in [2.05, 4.69) is 0 Å². The minimum Gasteiger partial charge on any atom is -0.481 e. The molecule has 0 saturated heterocycles. The number of hydrogen-bond donors (Lipinski definition) is 2. The Labute approximate surface area is 103 Å². The summed E-state index contributed by atoms with van der Waals surface area (Å²) in [6.45, 7) is -0.0669. The smallest absolute Gasteiger partial charge is 0.308 e. The van der Waals surface area contributed by atoms with E-state index in [1.807, 2.05) is 0 Å². The number of para-hydroxylation sites is 1. The van der Waals surface area contributed by atoms with Crippen molar-refractivity contribution in [2.75, 3.05) is 18.5 Å². The van der Waals surface area contributed by atoms with E-state index in [0.29, 0.717) is 0 Å². The second-order valence-corrected chi connectivity index (χ2v) is 3.96. The Hall–Kier alpha value is -2.11. The number of nitrogens with zero attached hydrogens (tertiary/aromatic N) is 1. The summed E-state index contributed by atoms with van der Waals surface area (Å²) in [5, 5.41) is 17.5. The summed E-state index contributed by atoms with van der Waals surface area (Å²) in [4.78, 5) is 22.8. The molecule has 1 atom stereocenters. The van der Waals surface area contributed by atoms with Gasteiger partial charge in [0.25, 0.3) is 0 Å². The summed E-state index contributed by atoms with van der Waals surface area (Å²) in [5.74, 6) is -3.95. The van der Waals surface area contributed by atoms with Gasteiger partial charge in [0, 0.05) is 13.6 Å². The molecular weight excluding hydrogens is 241 g/mol. The third-order valence-corrected chi connectivity index (χ3v) is 2.53. The van der Waals surface area contributed by atoms with Crippen LogP contribution in [0.25, 0.3) is 0 Å². The molecule has 5 nitrogen and oxygen atoms in total. The van der Waals surface area contributed by atoms with Crippen molar-refractivity contribution in [3.05, 3.63) is 30.1 Å². The first-order chi connectivity index (χ1) is 8.41. The number of halogens is 1. The third-order valence-electron chi connectivity index (χ3n) is 2.53. The normalized spacial score (nSPS) is 11.9. The number of benzene rings is 1. The number of aliphatic carboxylic acids is 2. The molecular formula is C12H14FNO4. The first-order valence-corrected chi connectivity index (χ1v) is 5.32. The number of carboxylic acids is 2. The summed E-state index contributed by atoms with van der Waals surface area (Å²) >= 11 is 0. The van der Waals surface area contributed by atoms with Gasteiger partial charge in [0.2, 0.25) is 0 Å². The van der Waals surface area contributed by atoms with E-state index < -0.39 is 30.1 Å². The molecule has 0 aliphatic heterocycles. The van der Waals surface area contributed by atoms with E-state index >= 15 is 0 Å². The number of anilines is 1. The van der Waals surface area contributed by atoms with Crippen LogP contribution >= 0.6 is 0 Å². The molecule has 0 amide bonds. The molecule has 0 spiro atoms. The van der Waals surface area contributed by atoms with Crippen molar-refractivity contribution in [2.24, 2.45) is 5.92 Å². The number of rotatable bonds is 6. The topological polar surface area (TPSA) is 77.8 Å². The van der Waals surface area contributed by atoms with Crippen LogP contribution in [0.1, 0.15) is 6.42 Å². The fourth-order valence-electron chi connectivity index (χ4n) is 1.63. The lowest BCUT2D eigenvalue weighted by Gasteiger charge is -2.23. The van der Waals surface area contributed by atoms with Crippen LogP contribution in [0.3, 0.4) is 0 Å². The average molecular weight is 255 g/mol. The van der Waals surface area contributed by atoms with Gasteiger partial charge in [0.05, 0.1) is 18.0 Å². The molecule has 0 saturated carbocycles. The van der Waals surface area contributed by atoms with Gasteiger partial charge in [-0.25, -0.2) is 4.39 Å². The lowest BCUT2D eigenvalue weighted by Crippen LogP contribution is -2.32. The Morgan fingerprint density at radius 2 is 1.94 bits per heavy atom. The van der Waals surface area contributed by atoms with Gasteiger partial charge >= 0.3 is 11.9 Å². The molecule has 1 rings (SSSR count). The van der Waals surface area contributed by atoms with Gasteiger partial charge < -0.3 is 15.1 Å². The van der Waals surface area contributed by atoms with Gasteiger partial charge in [-0.3, -0.25) is 9.59 Å². The third kappa shape index (κ3) is 3.73. The molecule has 1 unspecified atom stereocenters. The summed E-state index contributed by atoms with van der Waals surface area (Å²) in [5.41, 5.74) is 0.245. The molecule has 6 heteroatoms. The number of hydrogen-bond acceptors (Lipinski definition) is 3. The predicted molar refractivity (Wildman–Crippen MR) is 63.0 cm³/mol. The first kappa shape index (κ1) is 14.0. The van der Waals surface area contributed by atoms with E-state index in [1.54, 1.807) is 6.07 Å². The van der Waals surface area contributed by atoms with Crippen LogP contribution in [0.15, 0.2) is 24.3 Å². The molecule has 0 aliphatic carbocycles. The lowest BCUT2D eigenvalue weighted by molar-refractivity contribution is -0.147. The highest BCUT2D eigenvalue weighted by atomic mass is 19.1. The van der Waals surface area contributed by atoms with Gasteiger partial charge in [0.1, 0.15) is 5.82 Å². The van der Waals surface area contributed by atoms with Crippen molar-refractivity contribution in [1.29, 1.82) is 0 Å². The molecule has 2 N–H and O–H groups in total. The number of carbonyl (C=O) groups is 2. The Bertz CT molecular complexity index is 449. The van der Waals surface area contributed by atoms with Crippen molar-refractivity contribution in [3.63, 3.8) is 0 Å². The standard InChI is InChI=1S/C12H14FNO4/c1-14(10-5-3-2-4-9(10)13)7-8(12(17)18)6-11(15)16/h2-5,8H,6-7H2,1H3,(H,15,16)(H,17,18). The highest BCUT2D eigenvalue weighted by Gasteiger charge is 2.23. The van der Waals surface area contributed by atoms with Crippen LogP contribution in [0, 0.1) is 11.7 Å². The molecule has 0 fully saturated rings. The molecule has 0 aliphatic rings. The zero-order chi connectivity index (χ0) is 13.7. The second kappa shape index (κ2) is 6.00. The fourth-order valence-corrected chi connectivity index (χ4v) is 1.63. The summed E-state index contributed by atoms with van der Waals surface area (Å²) in [6.07, 6.45) is -0.492. The Kier molecular flexibility index (Phi) is 4.65. The summed E-state index contributed by atoms with van der Waals surface area (Å²) < 4.78 is 13.4. The minimum atomic E-state index is -1.21. The van der Waals surface area contributed by atoms with Crippen LogP contribution in [-0.2, 0) is 9.59 Å². The zero-order valence-electron chi connectivity index (χ0n) is 9.84. The quantitative estimate of drug-likeness (QED) is 0.804. The molecule has 0 aromatic heterocycles. The molecule has 98 valence electrons. The SMILES string of the molecule is CN(CC(CC(=O)O)C(=O)O)c1ccccc1F. The Morgan fingerprint density at radius 3 is 2.44 bits per heavy atom. The highest BCUT2D eigenvalue weighted by Crippen LogP contribution is 2.19.